The molecule has 4 aromatic carbocycles. The van der Waals surface area contributed by atoms with Crippen LogP contribution in [0.1, 0.15) is 57.5 Å². The third-order valence-electron chi connectivity index (χ3n) is 8.22. The van der Waals surface area contributed by atoms with Crippen molar-refractivity contribution >= 4 is 33.6 Å². The molecule has 0 saturated carbocycles. The van der Waals surface area contributed by atoms with E-state index >= 15 is 0 Å². The number of benzene rings is 4. The van der Waals surface area contributed by atoms with Gasteiger partial charge in [0.1, 0.15) is 0 Å². The van der Waals surface area contributed by atoms with Gasteiger partial charge < -0.3 is 10.6 Å². The van der Waals surface area contributed by atoms with Crippen molar-refractivity contribution in [2.45, 2.75) is 39.5 Å². The number of fused-ring (bicyclic) bond motifs is 2. The van der Waals surface area contributed by atoms with Crippen molar-refractivity contribution in [1.82, 2.24) is 20.6 Å². The van der Waals surface area contributed by atoms with Gasteiger partial charge in [-0.2, -0.15) is 0 Å². The number of amides is 2. The number of nitrogens with one attached hydrogen (secondary N) is 2. The van der Waals surface area contributed by atoms with E-state index in [0.29, 0.717) is 24.2 Å². The Morgan fingerprint density at radius 1 is 0.522 bits per heavy atom. The minimum atomic E-state index is -0.0885. The Hall–Kier alpha value is -5.36. The zero-order valence-electron chi connectivity index (χ0n) is 26.3. The Morgan fingerprint density at radius 2 is 0.957 bits per heavy atom. The summed E-state index contributed by atoms with van der Waals surface area (Å²) >= 11 is 0. The quantitative estimate of drug-likeness (QED) is 0.145. The van der Waals surface area contributed by atoms with Crippen LogP contribution in [-0.2, 0) is 0 Å². The second kappa shape index (κ2) is 14.2. The highest BCUT2D eigenvalue weighted by atomic mass is 16.2. The van der Waals surface area contributed by atoms with Crippen molar-refractivity contribution in [3.8, 4) is 22.5 Å². The minimum Gasteiger partial charge on any atom is -0.352 e. The Balaban J connectivity index is 1.01. The van der Waals surface area contributed by atoms with Crippen LogP contribution in [0.4, 0.5) is 0 Å². The Morgan fingerprint density at radius 3 is 1.39 bits per heavy atom. The van der Waals surface area contributed by atoms with Crippen molar-refractivity contribution in [3.05, 3.63) is 131 Å². The summed E-state index contributed by atoms with van der Waals surface area (Å²) in [5, 5.41) is 7.91. The number of carbonyl (C=O) groups is 2. The summed E-state index contributed by atoms with van der Waals surface area (Å²) in [6.45, 7) is 5.28. The third kappa shape index (κ3) is 7.13. The molecule has 0 radical (unpaired) electrons. The van der Waals surface area contributed by atoms with Crippen molar-refractivity contribution in [2.75, 3.05) is 13.1 Å². The maximum absolute atomic E-state index is 13.3. The van der Waals surface area contributed by atoms with Crippen LogP contribution in [0.2, 0.25) is 0 Å². The van der Waals surface area contributed by atoms with Gasteiger partial charge in [-0.1, -0.05) is 96.8 Å². The molecular weight excluding hydrogens is 568 g/mol. The summed E-state index contributed by atoms with van der Waals surface area (Å²) < 4.78 is 0. The van der Waals surface area contributed by atoms with Crippen molar-refractivity contribution in [1.29, 1.82) is 0 Å². The zero-order valence-corrected chi connectivity index (χ0v) is 26.3. The first-order valence-electron chi connectivity index (χ1n) is 16.0. The highest BCUT2D eigenvalue weighted by Gasteiger charge is 2.15. The SMILES string of the molecule is Cc1cccc(-c2cc(C(=O)NCCCCCCNC(=O)c3cc(-c4cccc(C)c4)nc4ccccc34)c3ccccc3n2)c1. The first-order valence-corrected chi connectivity index (χ1v) is 16.0. The summed E-state index contributed by atoms with van der Waals surface area (Å²) in [5.41, 5.74) is 8.76. The Bertz CT molecular complexity index is 1890. The molecule has 2 N–H and O–H groups in total. The number of nitrogens with zero attached hydrogens (tertiary/aromatic N) is 2. The molecule has 0 unspecified atom stereocenters. The van der Waals surface area contributed by atoms with Crippen molar-refractivity contribution < 1.29 is 9.59 Å². The standard InChI is InChI=1S/C40H38N4O2/c1-27-13-11-15-29(23-27)37-25-33(31-17-5-7-19-35(31)43-37)39(45)41-21-9-3-4-10-22-42-40(46)34-26-38(30-16-12-14-28(2)24-30)44-36-20-8-6-18-32(34)36/h5-8,11-20,23-26H,3-4,9-10,21-22H2,1-2H3,(H,41,45)(H,42,46). The monoisotopic (exact) mass is 606 g/mol. The first-order chi connectivity index (χ1) is 22.5. The maximum atomic E-state index is 13.3. The van der Waals surface area contributed by atoms with E-state index in [0.717, 1.165) is 81.1 Å². The maximum Gasteiger partial charge on any atom is 0.252 e. The van der Waals surface area contributed by atoms with Gasteiger partial charge in [-0.15, -0.1) is 0 Å². The molecule has 230 valence electrons. The van der Waals surface area contributed by atoms with Crippen LogP contribution < -0.4 is 10.6 Å². The van der Waals surface area contributed by atoms with Gasteiger partial charge in [0.2, 0.25) is 0 Å². The molecule has 2 amide bonds. The minimum absolute atomic E-state index is 0.0885. The molecule has 0 aliphatic rings. The Kier molecular flexibility index (Phi) is 9.44. The molecular formula is C40H38N4O2. The summed E-state index contributed by atoms with van der Waals surface area (Å²) in [4.78, 5) is 36.2. The van der Waals surface area contributed by atoms with Gasteiger partial charge in [-0.05, 0) is 63.1 Å². The molecule has 0 spiro atoms. The van der Waals surface area contributed by atoms with Crippen LogP contribution in [0, 0.1) is 13.8 Å². The number of pyridine rings is 2. The van der Waals surface area contributed by atoms with E-state index in [1.807, 2.05) is 84.9 Å². The molecule has 6 heteroatoms. The van der Waals surface area contributed by atoms with Gasteiger partial charge in [0, 0.05) is 35.0 Å². The van der Waals surface area contributed by atoms with Crippen LogP contribution >= 0.6 is 0 Å². The number of rotatable bonds is 11. The summed E-state index contributed by atoms with van der Waals surface area (Å²) in [5.74, 6) is -0.177. The fourth-order valence-corrected chi connectivity index (χ4v) is 5.83. The highest BCUT2D eigenvalue weighted by Crippen LogP contribution is 2.27. The third-order valence-corrected chi connectivity index (χ3v) is 8.22. The smallest absolute Gasteiger partial charge is 0.252 e. The van der Waals surface area contributed by atoms with E-state index in [9.17, 15) is 9.59 Å². The lowest BCUT2D eigenvalue weighted by molar-refractivity contribution is 0.0945. The molecule has 0 atom stereocenters. The van der Waals surface area contributed by atoms with Crippen molar-refractivity contribution in [3.63, 3.8) is 0 Å². The number of aryl methyl sites for hydroxylation is 2. The largest absolute Gasteiger partial charge is 0.352 e. The zero-order chi connectivity index (χ0) is 31.9. The van der Waals surface area contributed by atoms with Crippen LogP contribution in [-0.4, -0.2) is 34.9 Å². The number of hydrogen-bond donors (Lipinski definition) is 2. The average molecular weight is 607 g/mol. The molecule has 0 aliphatic heterocycles. The molecule has 6 nitrogen and oxygen atoms in total. The predicted molar refractivity (Wildman–Crippen MR) is 187 cm³/mol. The van der Waals surface area contributed by atoms with E-state index in [1.54, 1.807) is 0 Å². The van der Waals surface area contributed by atoms with Crippen LogP contribution in [0.25, 0.3) is 44.3 Å². The molecule has 6 rings (SSSR count). The molecule has 0 bridgehead atoms. The van der Waals surface area contributed by atoms with Gasteiger partial charge in [0.15, 0.2) is 0 Å². The Labute approximate surface area is 269 Å². The van der Waals surface area contributed by atoms with E-state index in [2.05, 4.69) is 48.7 Å². The van der Waals surface area contributed by atoms with E-state index in [1.165, 1.54) is 0 Å². The molecule has 0 aliphatic carbocycles. The van der Waals surface area contributed by atoms with Gasteiger partial charge in [-0.25, -0.2) is 9.97 Å². The summed E-state index contributed by atoms with van der Waals surface area (Å²) in [6, 6.07) is 35.7. The average Bonchev–Trinajstić information content (AvgIpc) is 3.08. The van der Waals surface area contributed by atoms with E-state index in [4.69, 9.17) is 9.97 Å². The number of hydrogen-bond acceptors (Lipinski definition) is 4. The molecule has 46 heavy (non-hydrogen) atoms. The van der Waals surface area contributed by atoms with Crippen LogP contribution in [0.3, 0.4) is 0 Å². The fourth-order valence-electron chi connectivity index (χ4n) is 5.83. The van der Waals surface area contributed by atoms with Gasteiger partial charge in [-0.3, -0.25) is 9.59 Å². The molecule has 0 fully saturated rings. The topological polar surface area (TPSA) is 84.0 Å². The first kappa shape index (κ1) is 30.7. The second-order valence-corrected chi connectivity index (χ2v) is 11.8. The van der Waals surface area contributed by atoms with Crippen LogP contribution in [0.5, 0.6) is 0 Å². The number of carbonyl (C=O) groups excluding carboxylic acids is 2. The molecule has 6 aromatic rings. The fraction of sp³-hybridized carbons (Fsp3) is 0.200. The van der Waals surface area contributed by atoms with Gasteiger partial charge >= 0.3 is 0 Å². The molecule has 2 heterocycles. The van der Waals surface area contributed by atoms with Crippen molar-refractivity contribution in [2.24, 2.45) is 0 Å². The van der Waals surface area contributed by atoms with E-state index < -0.39 is 0 Å². The molecule has 2 aromatic heterocycles. The number of unbranched alkanes of at least 4 members (excludes halogenated alkanes) is 3. The van der Waals surface area contributed by atoms with E-state index in [-0.39, 0.29) is 11.8 Å². The number of aromatic nitrogens is 2. The lowest BCUT2D eigenvalue weighted by atomic mass is 10.0. The lowest BCUT2D eigenvalue weighted by Crippen LogP contribution is -2.25. The van der Waals surface area contributed by atoms with Crippen LogP contribution in [0.15, 0.2) is 109 Å². The highest BCUT2D eigenvalue weighted by molar-refractivity contribution is 6.08. The summed E-state index contributed by atoms with van der Waals surface area (Å²) in [6.07, 6.45) is 3.64. The van der Waals surface area contributed by atoms with Gasteiger partial charge in [0.25, 0.3) is 11.8 Å². The van der Waals surface area contributed by atoms with Gasteiger partial charge in [0.05, 0.1) is 33.5 Å². The number of para-hydroxylation sites is 2. The normalized spacial score (nSPS) is 11.1. The summed E-state index contributed by atoms with van der Waals surface area (Å²) in [7, 11) is 0. The predicted octanol–water partition coefficient (Wildman–Crippen LogP) is 8.45. The second-order valence-electron chi connectivity index (χ2n) is 11.8. The molecule has 0 saturated heterocycles. The lowest BCUT2D eigenvalue weighted by Gasteiger charge is -2.12.